The smallest absolute Gasteiger partial charge is 0.182 e. The fourth-order valence-electron chi connectivity index (χ4n) is 3.34. The minimum absolute atomic E-state index is 0.00184. The lowest BCUT2D eigenvalue weighted by Crippen LogP contribution is -2.00. The Morgan fingerprint density at radius 1 is 1.07 bits per heavy atom. The highest BCUT2D eigenvalue weighted by atomic mass is 32.1. The number of hydrogen-bond donors (Lipinski definition) is 3. The zero-order chi connectivity index (χ0) is 19.1. The van der Waals surface area contributed by atoms with Gasteiger partial charge in [-0.1, -0.05) is 32.0 Å². The molecule has 0 saturated heterocycles. The number of aromatic nitrogens is 3. The highest BCUT2D eigenvalue weighted by molar-refractivity contribution is 7.71. The van der Waals surface area contributed by atoms with Crippen molar-refractivity contribution >= 4 is 23.1 Å². The Bertz CT molecular complexity index is 1200. The third-order valence-corrected chi connectivity index (χ3v) is 4.99. The standard InChI is InChI=1S/C21H19N3O2S/c1-12(2)14-9-15(20(26)10-19(14)25)18-11-23-21(27)24(18)17-7-8-22-16-6-4-3-5-13(16)17/h3-12,25-26H,1-2H3,(H,23,27). The number of imidazole rings is 1. The van der Waals surface area contributed by atoms with Crippen LogP contribution in [0.15, 0.2) is 54.9 Å². The lowest BCUT2D eigenvalue weighted by atomic mass is 9.97. The van der Waals surface area contributed by atoms with Crippen molar-refractivity contribution in [3.8, 4) is 28.4 Å². The molecule has 2 aromatic carbocycles. The predicted octanol–water partition coefficient (Wildman–Crippen LogP) is 5.28. The number of benzene rings is 2. The number of phenols is 2. The first-order chi connectivity index (χ1) is 13.0. The predicted molar refractivity (Wildman–Crippen MR) is 109 cm³/mol. The van der Waals surface area contributed by atoms with Crippen LogP contribution in [0.3, 0.4) is 0 Å². The molecular weight excluding hydrogens is 358 g/mol. The van der Waals surface area contributed by atoms with Gasteiger partial charge in [0.1, 0.15) is 11.5 Å². The molecule has 0 radical (unpaired) electrons. The molecule has 0 spiro atoms. The van der Waals surface area contributed by atoms with Crippen LogP contribution in [0.5, 0.6) is 11.5 Å². The van der Waals surface area contributed by atoms with Crippen molar-refractivity contribution in [1.29, 1.82) is 0 Å². The molecule has 0 bridgehead atoms. The molecule has 0 aliphatic heterocycles. The first-order valence-corrected chi connectivity index (χ1v) is 9.09. The summed E-state index contributed by atoms with van der Waals surface area (Å²) in [7, 11) is 0. The number of para-hydroxylation sites is 1. The van der Waals surface area contributed by atoms with Gasteiger partial charge in [-0.25, -0.2) is 0 Å². The Hall–Kier alpha value is -3.12. The van der Waals surface area contributed by atoms with E-state index in [2.05, 4.69) is 9.97 Å². The summed E-state index contributed by atoms with van der Waals surface area (Å²) in [6, 6.07) is 12.9. The number of aromatic amines is 1. The average molecular weight is 377 g/mol. The van der Waals surface area contributed by atoms with Crippen LogP contribution in [-0.4, -0.2) is 24.7 Å². The Kier molecular flexibility index (Phi) is 4.20. The minimum atomic E-state index is -0.00184. The van der Waals surface area contributed by atoms with Crippen molar-refractivity contribution in [3.63, 3.8) is 0 Å². The van der Waals surface area contributed by atoms with Crippen molar-refractivity contribution < 1.29 is 10.2 Å². The van der Waals surface area contributed by atoms with Crippen LogP contribution in [0.1, 0.15) is 25.3 Å². The fraction of sp³-hybridized carbons (Fsp3) is 0.143. The molecule has 0 amide bonds. The Morgan fingerprint density at radius 2 is 1.85 bits per heavy atom. The van der Waals surface area contributed by atoms with Crippen LogP contribution in [-0.2, 0) is 0 Å². The molecule has 2 aromatic heterocycles. The maximum atomic E-state index is 10.5. The number of H-pyrrole nitrogens is 1. The first-order valence-electron chi connectivity index (χ1n) is 8.68. The molecule has 0 aliphatic carbocycles. The average Bonchev–Trinajstić information content (AvgIpc) is 3.02. The zero-order valence-corrected chi connectivity index (χ0v) is 15.8. The van der Waals surface area contributed by atoms with Crippen LogP contribution in [0.4, 0.5) is 0 Å². The van der Waals surface area contributed by atoms with Gasteiger partial charge in [0, 0.05) is 29.4 Å². The van der Waals surface area contributed by atoms with Gasteiger partial charge >= 0.3 is 0 Å². The molecule has 4 rings (SSSR count). The molecule has 0 unspecified atom stereocenters. The third-order valence-electron chi connectivity index (χ3n) is 4.69. The van der Waals surface area contributed by atoms with Gasteiger partial charge in [-0.15, -0.1) is 0 Å². The number of nitrogens with one attached hydrogen (secondary N) is 1. The van der Waals surface area contributed by atoms with Crippen molar-refractivity contribution in [3.05, 3.63) is 65.2 Å². The lowest BCUT2D eigenvalue weighted by molar-refractivity contribution is 0.445. The number of rotatable bonds is 3. The molecular formula is C21H19N3O2S. The van der Waals surface area contributed by atoms with Crippen molar-refractivity contribution in [2.24, 2.45) is 0 Å². The Morgan fingerprint density at radius 3 is 2.63 bits per heavy atom. The summed E-state index contributed by atoms with van der Waals surface area (Å²) in [4.78, 5) is 7.48. The molecule has 4 aromatic rings. The number of nitrogens with zero attached hydrogens (tertiary/aromatic N) is 2. The molecule has 2 heterocycles. The topological polar surface area (TPSA) is 74.1 Å². The molecule has 6 heteroatoms. The van der Waals surface area contributed by atoms with E-state index in [1.54, 1.807) is 12.4 Å². The van der Waals surface area contributed by atoms with E-state index in [1.807, 2.05) is 54.8 Å². The number of fused-ring (bicyclic) bond motifs is 1. The Balaban J connectivity index is 2.02. The van der Waals surface area contributed by atoms with Gasteiger partial charge < -0.3 is 15.2 Å². The van der Waals surface area contributed by atoms with Crippen LogP contribution in [0.25, 0.3) is 27.8 Å². The van der Waals surface area contributed by atoms with E-state index in [0.29, 0.717) is 10.3 Å². The van der Waals surface area contributed by atoms with Crippen LogP contribution >= 0.6 is 12.2 Å². The summed E-state index contributed by atoms with van der Waals surface area (Å²) in [6.45, 7) is 3.99. The van der Waals surface area contributed by atoms with E-state index in [0.717, 1.165) is 27.8 Å². The minimum Gasteiger partial charge on any atom is -0.508 e. The molecule has 0 aliphatic rings. The molecule has 5 nitrogen and oxygen atoms in total. The van der Waals surface area contributed by atoms with Crippen LogP contribution in [0.2, 0.25) is 0 Å². The molecule has 0 atom stereocenters. The van der Waals surface area contributed by atoms with E-state index in [1.165, 1.54) is 6.07 Å². The Labute approximate surface area is 161 Å². The molecule has 0 saturated carbocycles. The maximum absolute atomic E-state index is 10.5. The van der Waals surface area contributed by atoms with Gasteiger partial charge in [-0.2, -0.15) is 0 Å². The number of aromatic hydroxyl groups is 2. The van der Waals surface area contributed by atoms with E-state index < -0.39 is 0 Å². The zero-order valence-electron chi connectivity index (χ0n) is 15.0. The monoisotopic (exact) mass is 377 g/mol. The number of phenolic OH excluding ortho intramolecular Hbond substituents is 2. The summed E-state index contributed by atoms with van der Waals surface area (Å²) in [5.74, 6) is 0.195. The van der Waals surface area contributed by atoms with Gasteiger partial charge in [0.2, 0.25) is 0 Å². The summed E-state index contributed by atoms with van der Waals surface area (Å²) < 4.78 is 2.40. The first kappa shape index (κ1) is 17.3. The second-order valence-corrected chi connectivity index (χ2v) is 7.13. The van der Waals surface area contributed by atoms with Crippen LogP contribution in [0, 0.1) is 4.77 Å². The third kappa shape index (κ3) is 2.88. The van der Waals surface area contributed by atoms with Crippen LogP contribution < -0.4 is 0 Å². The molecule has 0 fully saturated rings. The molecule has 27 heavy (non-hydrogen) atoms. The van der Waals surface area contributed by atoms with Gasteiger partial charge in [0.25, 0.3) is 0 Å². The largest absolute Gasteiger partial charge is 0.508 e. The van der Waals surface area contributed by atoms with E-state index >= 15 is 0 Å². The lowest BCUT2D eigenvalue weighted by Gasteiger charge is -2.15. The number of pyridine rings is 1. The highest BCUT2D eigenvalue weighted by Gasteiger charge is 2.18. The van der Waals surface area contributed by atoms with Gasteiger partial charge in [-0.05, 0) is 41.9 Å². The molecule has 136 valence electrons. The van der Waals surface area contributed by atoms with Crippen molar-refractivity contribution in [1.82, 2.24) is 14.5 Å². The van der Waals surface area contributed by atoms with Gasteiger partial charge in [0.05, 0.1) is 16.9 Å². The summed E-state index contributed by atoms with van der Waals surface area (Å²) in [5, 5.41) is 21.6. The fourth-order valence-corrected chi connectivity index (χ4v) is 3.60. The van der Waals surface area contributed by atoms with E-state index in [-0.39, 0.29) is 17.4 Å². The van der Waals surface area contributed by atoms with E-state index in [9.17, 15) is 10.2 Å². The summed E-state index contributed by atoms with van der Waals surface area (Å²) in [6.07, 6.45) is 3.51. The normalized spacial score (nSPS) is 11.4. The second-order valence-electron chi connectivity index (χ2n) is 6.74. The second kappa shape index (κ2) is 6.55. The SMILES string of the molecule is CC(C)c1cc(-c2c[nH]c(=S)n2-c2ccnc3ccccc23)c(O)cc1O. The maximum Gasteiger partial charge on any atom is 0.182 e. The highest BCUT2D eigenvalue weighted by Crippen LogP contribution is 2.39. The summed E-state index contributed by atoms with van der Waals surface area (Å²) >= 11 is 5.53. The summed E-state index contributed by atoms with van der Waals surface area (Å²) in [5.41, 5.74) is 3.82. The van der Waals surface area contributed by atoms with E-state index in [4.69, 9.17) is 12.2 Å². The molecule has 3 N–H and O–H groups in total. The number of hydrogen-bond acceptors (Lipinski definition) is 4. The quantitative estimate of drug-likeness (QED) is 0.424. The van der Waals surface area contributed by atoms with Crippen molar-refractivity contribution in [2.45, 2.75) is 19.8 Å². The van der Waals surface area contributed by atoms with Gasteiger partial charge in [-0.3, -0.25) is 9.55 Å². The van der Waals surface area contributed by atoms with Gasteiger partial charge in [0.15, 0.2) is 4.77 Å². The van der Waals surface area contributed by atoms with Crippen molar-refractivity contribution in [2.75, 3.05) is 0 Å².